The minimum atomic E-state index is -0.122. The maximum Gasteiger partial charge on any atom is 0.248 e. The van der Waals surface area contributed by atoms with Crippen molar-refractivity contribution in [3.8, 4) is 5.75 Å². The molecule has 3 rings (SSSR count). The maximum atomic E-state index is 11.8. The van der Waals surface area contributed by atoms with Crippen molar-refractivity contribution in [2.45, 2.75) is 26.8 Å². The predicted octanol–water partition coefficient (Wildman–Crippen LogP) is 3.71. The van der Waals surface area contributed by atoms with Gasteiger partial charge in [0.1, 0.15) is 11.6 Å². The Labute approximate surface area is 173 Å². The first-order chi connectivity index (χ1) is 14.0. The van der Waals surface area contributed by atoms with Gasteiger partial charge >= 0.3 is 0 Å². The van der Waals surface area contributed by atoms with Crippen molar-refractivity contribution < 1.29 is 9.53 Å². The summed E-state index contributed by atoms with van der Waals surface area (Å²) in [5.41, 5.74) is 2.98. The summed E-state index contributed by atoms with van der Waals surface area (Å²) in [6.07, 6.45) is 4.41. The zero-order valence-electron chi connectivity index (χ0n) is 17.5. The van der Waals surface area contributed by atoms with E-state index in [1.54, 1.807) is 19.4 Å². The number of methoxy groups -OCH3 is 1. The molecule has 154 valence electrons. The molecule has 0 bridgehead atoms. The lowest BCUT2D eigenvalue weighted by atomic mass is 10.2. The highest BCUT2D eigenvalue weighted by Gasteiger charge is 2.16. The summed E-state index contributed by atoms with van der Waals surface area (Å²) in [4.78, 5) is 21.2. The SMILES string of the molecule is COc1ccc(CN2CCCN(c3ccc(NC(=O)C=C(C)C)cn3)CC2)cc1. The highest BCUT2D eigenvalue weighted by Crippen LogP contribution is 2.18. The molecule has 0 spiro atoms. The predicted molar refractivity (Wildman–Crippen MR) is 117 cm³/mol. The fourth-order valence-corrected chi connectivity index (χ4v) is 3.43. The minimum Gasteiger partial charge on any atom is -0.497 e. The Morgan fingerprint density at radius 3 is 2.55 bits per heavy atom. The van der Waals surface area contributed by atoms with Crippen molar-refractivity contribution in [3.05, 3.63) is 59.8 Å². The maximum absolute atomic E-state index is 11.8. The number of nitrogens with zero attached hydrogens (tertiary/aromatic N) is 3. The number of carbonyl (C=O) groups is 1. The summed E-state index contributed by atoms with van der Waals surface area (Å²) >= 11 is 0. The number of hydrogen-bond donors (Lipinski definition) is 1. The third-order valence-electron chi connectivity index (χ3n) is 4.91. The number of pyridine rings is 1. The molecule has 0 atom stereocenters. The summed E-state index contributed by atoms with van der Waals surface area (Å²) in [7, 11) is 1.69. The Balaban J connectivity index is 1.54. The number of rotatable bonds is 6. The lowest BCUT2D eigenvalue weighted by molar-refractivity contribution is -0.111. The molecule has 1 amide bonds. The zero-order chi connectivity index (χ0) is 20.6. The molecule has 1 fully saturated rings. The first kappa shape index (κ1) is 20.9. The van der Waals surface area contributed by atoms with Gasteiger partial charge in [-0.1, -0.05) is 17.7 Å². The van der Waals surface area contributed by atoms with E-state index in [1.165, 1.54) is 5.56 Å². The monoisotopic (exact) mass is 394 g/mol. The fourth-order valence-electron chi connectivity index (χ4n) is 3.43. The van der Waals surface area contributed by atoms with Gasteiger partial charge in [-0.05, 0) is 50.1 Å². The molecule has 1 N–H and O–H groups in total. The molecule has 1 aliphatic rings. The molecule has 1 aliphatic heterocycles. The van der Waals surface area contributed by atoms with Gasteiger partial charge in [0.05, 0.1) is 19.0 Å². The van der Waals surface area contributed by atoms with Gasteiger partial charge in [0.25, 0.3) is 0 Å². The average molecular weight is 395 g/mol. The largest absolute Gasteiger partial charge is 0.497 e. The van der Waals surface area contributed by atoms with Gasteiger partial charge in [0.2, 0.25) is 5.91 Å². The number of anilines is 2. The quantitative estimate of drug-likeness (QED) is 0.757. The number of hydrogen-bond acceptors (Lipinski definition) is 5. The zero-order valence-corrected chi connectivity index (χ0v) is 17.5. The Morgan fingerprint density at radius 1 is 1.10 bits per heavy atom. The second kappa shape index (κ2) is 10.1. The Hall–Kier alpha value is -2.86. The van der Waals surface area contributed by atoms with Crippen LogP contribution < -0.4 is 15.0 Å². The summed E-state index contributed by atoms with van der Waals surface area (Å²) in [5.74, 6) is 1.72. The molecule has 6 nitrogen and oxygen atoms in total. The van der Waals surface area contributed by atoms with Crippen molar-refractivity contribution in [3.63, 3.8) is 0 Å². The van der Waals surface area contributed by atoms with Crippen LogP contribution in [0.25, 0.3) is 0 Å². The number of benzene rings is 1. The van der Waals surface area contributed by atoms with E-state index in [2.05, 4.69) is 32.2 Å². The number of nitrogens with one attached hydrogen (secondary N) is 1. The molecular formula is C23H30N4O2. The van der Waals surface area contributed by atoms with Crippen molar-refractivity contribution in [2.24, 2.45) is 0 Å². The molecule has 1 saturated heterocycles. The number of amides is 1. The molecular weight excluding hydrogens is 364 g/mol. The summed E-state index contributed by atoms with van der Waals surface area (Å²) in [5, 5.41) is 2.84. The summed E-state index contributed by atoms with van der Waals surface area (Å²) in [6.45, 7) is 8.73. The first-order valence-corrected chi connectivity index (χ1v) is 10.1. The van der Waals surface area contributed by atoms with Crippen LogP contribution in [0.15, 0.2) is 54.2 Å². The standard InChI is InChI=1S/C23H30N4O2/c1-18(2)15-23(28)25-20-7-10-22(24-16-20)27-12-4-11-26(13-14-27)17-19-5-8-21(29-3)9-6-19/h5-10,15-16H,4,11-14,17H2,1-3H3,(H,25,28). The van der Waals surface area contributed by atoms with Crippen molar-refractivity contribution in [1.29, 1.82) is 0 Å². The molecule has 2 aromatic rings. The van der Waals surface area contributed by atoms with Crippen molar-refractivity contribution in [1.82, 2.24) is 9.88 Å². The van der Waals surface area contributed by atoms with E-state index in [-0.39, 0.29) is 5.91 Å². The van der Waals surface area contributed by atoms with Gasteiger partial charge in [0.15, 0.2) is 0 Å². The van der Waals surface area contributed by atoms with Crippen LogP contribution in [0, 0.1) is 0 Å². The third-order valence-corrected chi connectivity index (χ3v) is 4.91. The van der Waals surface area contributed by atoms with Crippen LogP contribution in [0.4, 0.5) is 11.5 Å². The number of aromatic nitrogens is 1. The lowest BCUT2D eigenvalue weighted by Crippen LogP contribution is -2.30. The highest BCUT2D eigenvalue weighted by atomic mass is 16.5. The van der Waals surface area contributed by atoms with Crippen LogP contribution in [-0.2, 0) is 11.3 Å². The normalized spacial score (nSPS) is 14.8. The Kier molecular flexibility index (Phi) is 7.25. The second-order valence-corrected chi connectivity index (χ2v) is 7.58. The molecule has 0 radical (unpaired) electrons. The van der Waals surface area contributed by atoms with Gasteiger partial charge in [-0.3, -0.25) is 9.69 Å². The van der Waals surface area contributed by atoms with E-state index in [9.17, 15) is 4.79 Å². The summed E-state index contributed by atoms with van der Waals surface area (Å²) < 4.78 is 5.24. The van der Waals surface area contributed by atoms with Crippen molar-refractivity contribution >= 4 is 17.4 Å². The van der Waals surface area contributed by atoms with E-state index in [4.69, 9.17) is 4.74 Å². The fraction of sp³-hybridized carbons (Fsp3) is 0.391. The van der Waals surface area contributed by atoms with E-state index >= 15 is 0 Å². The molecule has 0 aliphatic carbocycles. The molecule has 1 aromatic heterocycles. The van der Waals surface area contributed by atoms with Gasteiger partial charge in [-0.25, -0.2) is 4.98 Å². The van der Waals surface area contributed by atoms with Crippen LogP contribution in [-0.4, -0.2) is 49.1 Å². The van der Waals surface area contributed by atoms with Gasteiger partial charge < -0.3 is 15.0 Å². The Morgan fingerprint density at radius 2 is 1.90 bits per heavy atom. The van der Waals surface area contributed by atoms with Crippen molar-refractivity contribution in [2.75, 3.05) is 43.5 Å². The van der Waals surface area contributed by atoms with Crippen LogP contribution >= 0.6 is 0 Å². The van der Waals surface area contributed by atoms with E-state index in [0.717, 1.165) is 56.3 Å². The molecule has 2 heterocycles. The number of allylic oxidation sites excluding steroid dienone is 1. The lowest BCUT2D eigenvalue weighted by Gasteiger charge is -2.23. The van der Waals surface area contributed by atoms with Gasteiger partial charge in [0, 0.05) is 38.8 Å². The smallest absolute Gasteiger partial charge is 0.248 e. The molecule has 0 unspecified atom stereocenters. The summed E-state index contributed by atoms with van der Waals surface area (Å²) in [6, 6.07) is 12.2. The Bertz CT molecular complexity index is 827. The van der Waals surface area contributed by atoms with Crippen LogP contribution in [0.1, 0.15) is 25.8 Å². The second-order valence-electron chi connectivity index (χ2n) is 7.58. The molecule has 29 heavy (non-hydrogen) atoms. The number of carbonyl (C=O) groups excluding carboxylic acids is 1. The average Bonchev–Trinajstić information content (AvgIpc) is 2.94. The van der Waals surface area contributed by atoms with Gasteiger partial charge in [-0.15, -0.1) is 0 Å². The molecule has 1 aromatic carbocycles. The van der Waals surface area contributed by atoms with Gasteiger partial charge in [-0.2, -0.15) is 0 Å². The van der Waals surface area contributed by atoms with Crippen LogP contribution in [0.2, 0.25) is 0 Å². The highest BCUT2D eigenvalue weighted by molar-refractivity contribution is 5.99. The topological polar surface area (TPSA) is 57.7 Å². The molecule has 0 saturated carbocycles. The molecule has 6 heteroatoms. The third kappa shape index (κ3) is 6.32. The number of ether oxygens (including phenoxy) is 1. The van der Waals surface area contributed by atoms with E-state index < -0.39 is 0 Å². The van der Waals surface area contributed by atoms with Crippen LogP contribution in [0.5, 0.6) is 5.75 Å². The van der Waals surface area contributed by atoms with E-state index in [1.807, 2.05) is 38.1 Å². The minimum absolute atomic E-state index is 0.122. The first-order valence-electron chi connectivity index (χ1n) is 10.1. The van der Waals surface area contributed by atoms with Crippen LogP contribution in [0.3, 0.4) is 0 Å². The van der Waals surface area contributed by atoms with E-state index in [0.29, 0.717) is 5.69 Å².